The summed E-state index contributed by atoms with van der Waals surface area (Å²) in [5.74, 6) is -0.421. The molecular weight excluding hydrogens is 268 g/mol. The predicted octanol–water partition coefficient (Wildman–Crippen LogP) is 1.25. The highest BCUT2D eigenvalue weighted by molar-refractivity contribution is 5.87. The molecule has 5 nitrogen and oxygen atoms in total. The summed E-state index contributed by atoms with van der Waals surface area (Å²) in [5.41, 5.74) is 2.35. The molecule has 1 aliphatic rings. The van der Waals surface area contributed by atoms with Crippen LogP contribution in [0.5, 0.6) is 0 Å². The van der Waals surface area contributed by atoms with Crippen molar-refractivity contribution < 1.29 is 14.3 Å². The molecule has 1 aromatic carbocycles. The predicted molar refractivity (Wildman–Crippen MR) is 79.6 cm³/mol. The minimum atomic E-state index is -0.445. The van der Waals surface area contributed by atoms with Crippen LogP contribution in [0.4, 0.5) is 0 Å². The maximum atomic E-state index is 12.0. The zero-order valence-electron chi connectivity index (χ0n) is 12.6. The fourth-order valence-electron chi connectivity index (χ4n) is 2.48. The molecule has 0 aromatic heterocycles. The number of aryl methyl sites for hydroxylation is 1. The topological polar surface area (TPSA) is 58.6 Å². The molecule has 21 heavy (non-hydrogen) atoms. The van der Waals surface area contributed by atoms with E-state index in [4.69, 9.17) is 4.74 Å². The number of piperazine rings is 1. The smallest absolute Gasteiger partial charge is 0.307 e. The Bertz CT molecular complexity index is 499. The van der Waals surface area contributed by atoms with Crippen LogP contribution in [0.15, 0.2) is 24.3 Å². The van der Waals surface area contributed by atoms with E-state index in [0.717, 1.165) is 12.1 Å². The van der Waals surface area contributed by atoms with Crippen LogP contribution in [0.3, 0.4) is 0 Å². The molecule has 2 rings (SSSR count). The number of ether oxygens (including phenoxy) is 1. The van der Waals surface area contributed by atoms with Gasteiger partial charge in [0.1, 0.15) is 6.04 Å². The highest BCUT2D eigenvalue weighted by atomic mass is 16.5. The lowest BCUT2D eigenvalue weighted by Crippen LogP contribution is -2.55. The SMILES string of the molecule is CCOC(=O)C[C@@H]1C(=O)NCCN1Cc1ccc(C)cc1. The summed E-state index contributed by atoms with van der Waals surface area (Å²) in [7, 11) is 0. The molecule has 0 spiro atoms. The highest BCUT2D eigenvalue weighted by Gasteiger charge is 2.31. The van der Waals surface area contributed by atoms with E-state index < -0.39 is 6.04 Å². The molecule has 1 amide bonds. The second-order valence-electron chi connectivity index (χ2n) is 5.27. The molecule has 0 saturated carbocycles. The van der Waals surface area contributed by atoms with Crippen LogP contribution in [0.1, 0.15) is 24.5 Å². The summed E-state index contributed by atoms with van der Waals surface area (Å²) in [6, 6.07) is 7.78. The van der Waals surface area contributed by atoms with E-state index in [1.807, 2.05) is 11.8 Å². The van der Waals surface area contributed by atoms with Gasteiger partial charge in [-0.15, -0.1) is 0 Å². The lowest BCUT2D eigenvalue weighted by Gasteiger charge is -2.34. The minimum Gasteiger partial charge on any atom is -0.466 e. The molecule has 0 unspecified atom stereocenters. The number of carbonyl (C=O) groups is 2. The van der Waals surface area contributed by atoms with Crippen LogP contribution < -0.4 is 5.32 Å². The number of nitrogens with zero attached hydrogens (tertiary/aromatic N) is 1. The van der Waals surface area contributed by atoms with E-state index in [-0.39, 0.29) is 18.3 Å². The van der Waals surface area contributed by atoms with Crippen molar-refractivity contribution in [3.63, 3.8) is 0 Å². The number of hydrogen-bond acceptors (Lipinski definition) is 4. The first-order chi connectivity index (χ1) is 10.1. The fourth-order valence-corrected chi connectivity index (χ4v) is 2.48. The van der Waals surface area contributed by atoms with Crippen LogP contribution in [-0.4, -0.2) is 42.5 Å². The van der Waals surface area contributed by atoms with E-state index in [1.54, 1.807) is 6.92 Å². The average Bonchev–Trinajstić information content (AvgIpc) is 2.45. The Morgan fingerprint density at radius 2 is 2.10 bits per heavy atom. The number of nitrogens with one attached hydrogen (secondary N) is 1. The summed E-state index contributed by atoms with van der Waals surface area (Å²) in [6.45, 7) is 6.17. The van der Waals surface area contributed by atoms with Gasteiger partial charge in [0, 0.05) is 19.6 Å². The van der Waals surface area contributed by atoms with E-state index in [0.29, 0.717) is 19.7 Å². The van der Waals surface area contributed by atoms with Crippen LogP contribution >= 0.6 is 0 Å². The van der Waals surface area contributed by atoms with Gasteiger partial charge in [-0.3, -0.25) is 14.5 Å². The second-order valence-corrected chi connectivity index (χ2v) is 5.27. The molecule has 1 fully saturated rings. The zero-order chi connectivity index (χ0) is 15.2. The number of benzene rings is 1. The summed E-state index contributed by atoms with van der Waals surface area (Å²) in [5, 5.41) is 2.82. The molecule has 1 saturated heterocycles. The highest BCUT2D eigenvalue weighted by Crippen LogP contribution is 2.15. The first kappa shape index (κ1) is 15.5. The van der Waals surface area contributed by atoms with E-state index >= 15 is 0 Å². The van der Waals surface area contributed by atoms with E-state index in [2.05, 4.69) is 29.6 Å². The number of carbonyl (C=O) groups excluding carboxylic acids is 2. The van der Waals surface area contributed by atoms with Crippen molar-refractivity contribution in [3.8, 4) is 0 Å². The molecule has 114 valence electrons. The lowest BCUT2D eigenvalue weighted by molar-refractivity contribution is -0.148. The van der Waals surface area contributed by atoms with Crippen molar-refractivity contribution in [3.05, 3.63) is 35.4 Å². The third-order valence-corrected chi connectivity index (χ3v) is 3.61. The van der Waals surface area contributed by atoms with Crippen LogP contribution in [-0.2, 0) is 20.9 Å². The molecule has 0 aliphatic carbocycles. The molecule has 5 heteroatoms. The van der Waals surface area contributed by atoms with Crippen LogP contribution in [0, 0.1) is 6.92 Å². The maximum Gasteiger partial charge on any atom is 0.307 e. The molecule has 1 atom stereocenters. The standard InChI is InChI=1S/C16H22N2O3/c1-3-21-15(19)10-14-16(20)17-8-9-18(14)11-13-6-4-12(2)5-7-13/h4-7,14H,3,8-11H2,1-2H3,(H,17,20)/t14-/m1/s1. The van der Waals surface area contributed by atoms with Gasteiger partial charge in [-0.2, -0.15) is 0 Å². The van der Waals surface area contributed by atoms with Crippen LogP contribution in [0.25, 0.3) is 0 Å². The maximum absolute atomic E-state index is 12.0. The van der Waals surface area contributed by atoms with Gasteiger partial charge in [0.05, 0.1) is 13.0 Å². The van der Waals surface area contributed by atoms with Gasteiger partial charge in [0.25, 0.3) is 0 Å². The average molecular weight is 290 g/mol. The third kappa shape index (κ3) is 4.29. The lowest BCUT2D eigenvalue weighted by atomic mass is 10.1. The number of amides is 1. The quantitative estimate of drug-likeness (QED) is 0.829. The zero-order valence-corrected chi connectivity index (χ0v) is 12.6. The first-order valence-corrected chi connectivity index (χ1v) is 7.33. The number of rotatable bonds is 5. The monoisotopic (exact) mass is 290 g/mol. The van der Waals surface area contributed by atoms with Crippen molar-refractivity contribution in [2.75, 3.05) is 19.7 Å². The van der Waals surface area contributed by atoms with Gasteiger partial charge in [-0.25, -0.2) is 0 Å². The first-order valence-electron chi connectivity index (χ1n) is 7.33. The van der Waals surface area contributed by atoms with Gasteiger partial charge in [-0.1, -0.05) is 29.8 Å². The Hall–Kier alpha value is -1.88. The summed E-state index contributed by atoms with van der Waals surface area (Å²) in [6.07, 6.45) is 0.103. The van der Waals surface area contributed by atoms with E-state index in [9.17, 15) is 9.59 Å². The summed E-state index contributed by atoms with van der Waals surface area (Å²) < 4.78 is 4.96. The Balaban J connectivity index is 2.05. The molecule has 0 radical (unpaired) electrons. The Morgan fingerprint density at radius 3 is 2.76 bits per heavy atom. The molecule has 1 aromatic rings. The molecular formula is C16H22N2O3. The van der Waals surface area contributed by atoms with Gasteiger partial charge < -0.3 is 10.1 Å². The van der Waals surface area contributed by atoms with Gasteiger partial charge in [-0.05, 0) is 19.4 Å². The molecule has 1 heterocycles. The van der Waals surface area contributed by atoms with Crippen molar-refractivity contribution >= 4 is 11.9 Å². The van der Waals surface area contributed by atoms with Gasteiger partial charge >= 0.3 is 5.97 Å². The Morgan fingerprint density at radius 1 is 1.38 bits per heavy atom. The largest absolute Gasteiger partial charge is 0.466 e. The van der Waals surface area contributed by atoms with E-state index in [1.165, 1.54) is 5.56 Å². The Labute approximate surface area is 125 Å². The second kappa shape index (κ2) is 7.22. The molecule has 0 bridgehead atoms. The number of hydrogen-bond donors (Lipinski definition) is 1. The van der Waals surface area contributed by atoms with Crippen molar-refractivity contribution in [2.45, 2.75) is 32.9 Å². The van der Waals surface area contributed by atoms with Gasteiger partial charge in [0.15, 0.2) is 0 Å². The third-order valence-electron chi connectivity index (χ3n) is 3.61. The fraction of sp³-hybridized carbons (Fsp3) is 0.500. The van der Waals surface area contributed by atoms with Crippen molar-refractivity contribution in [2.24, 2.45) is 0 Å². The summed E-state index contributed by atoms with van der Waals surface area (Å²) in [4.78, 5) is 25.7. The summed E-state index contributed by atoms with van der Waals surface area (Å²) >= 11 is 0. The van der Waals surface area contributed by atoms with Gasteiger partial charge in [0.2, 0.25) is 5.91 Å². The van der Waals surface area contributed by atoms with Crippen LogP contribution in [0.2, 0.25) is 0 Å². The molecule has 1 N–H and O–H groups in total. The van der Waals surface area contributed by atoms with Crippen molar-refractivity contribution in [1.82, 2.24) is 10.2 Å². The minimum absolute atomic E-state index is 0.0959. The molecule has 1 aliphatic heterocycles. The normalized spacial score (nSPS) is 19.1. The Kier molecular flexibility index (Phi) is 5.33. The number of esters is 1. The van der Waals surface area contributed by atoms with Crippen molar-refractivity contribution in [1.29, 1.82) is 0 Å².